The van der Waals surface area contributed by atoms with E-state index >= 15 is 0 Å². The van der Waals surface area contributed by atoms with Crippen molar-refractivity contribution in [1.29, 1.82) is 0 Å². The minimum atomic E-state index is -3.95. The summed E-state index contributed by atoms with van der Waals surface area (Å²) in [5, 5.41) is 2.93. The number of sulfonamides is 1. The van der Waals surface area contributed by atoms with E-state index in [1.165, 1.54) is 24.8 Å². The molecular formula is C25H28N2O4S. The van der Waals surface area contributed by atoms with Crippen molar-refractivity contribution in [2.75, 3.05) is 18.0 Å². The van der Waals surface area contributed by atoms with Crippen LogP contribution in [0.15, 0.2) is 89.8 Å². The highest BCUT2D eigenvalue weighted by Gasteiger charge is 2.27. The van der Waals surface area contributed by atoms with Gasteiger partial charge in [-0.3, -0.25) is 9.10 Å². The summed E-state index contributed by atoms with van der Waals surface area (Å²) >= 11 is 0. The number of carbonyl (C=O) groups is 1. The molecule has 0 aliphatic rings. The van der Waals surface area contributed by atoms with Crippen LogP contribution in [-0.2, 0) is 21.2 Å². The molecule has 0 aliphatic heterocycles. The van der Waals surface area contributed by atoms with Crippen LogP contribution in [0.5, 0.6) is 5.75 Å². The van der Waals surface area contributed by atoms with E-state index in [1.54, 1.807) is 42.5 Å². The van der Waals surface area contributed by atoms with Crippen LogP contribution < -0.4 is 14.4 Å². The normalized spacial score (nSPS) is 12.1. The molecule has 6 nitrogen and oxygen atoms in total. The van der Waals surface area contributed by atoms with Gasteiger partial charge in [0.15, 0.2) is 0 Å². The fourth-order valence-corrected chi connectivity index (χ4v) is 4.79. The van der Waals surface area contributed by atoms with E-state index in [1.807, 2.05) is 37.3 Å². The number of nitrogens with zero attached hydrogens (tertiary/aromatic N) is 1. The molecule has 0 heterocycles. The molecule has 1 atom stereocenters. The van der Waals surface area contributed by atoms with Crippen molar-refractivity contribution in [3.05, 3.63) is 90.5 Å². The first kappa shape index (κ1) is 23.3. The van der Waals surface area contributed by atoms with Crippen molar-refractivity contribution >= 4 is 21.6 Å². The van der Waals surface area contributed by atoms with Gasteiger partial charge in [0.1, 0.15) is 12.3 Å². The molecule has 3 aromatic carbocycles. The van der Waals surface area contributed by atoms with Crippen LogP contribution >= 0.6 is 0 Å². The van der Waals surface area contributed by atoms with E-state index in [9.17, 15) is 13.2 Å². The van der Waals surface area contributed by atoms with Gasteiger partial charge in [-0.2, -0.15) is 0 Å². The van der Waals surface area contributed by atoms with Crippen molar-refractivity contribution < 1.29 is 17.9 Å². The molecule has 168 valence electrons. The number of aryl methyl sites for hydroxylation is 1. The number of hydrogen-bond acceptors (Lipinski definition) is 4. The summed E-state index contributed by atoms with van der Waals surface area (Å²) in [7, 11) is -2.44. The first-order valence-electron chi connectivity index (χ1n) is 10.5. The van der Waals surface area contributed by atoms with Gasteiger partial charge >= 0.3 is 0 Å². The van der Waals surface area contributed by atoms with Crippen LogP contribution in [0.4, 0.5) is 5.69 Å². The Morgan fingerprint density at radius 2 is 1.62 bits per heavy atom. The molecule has 1 N–H and O–H groups in total. The highest BCUT2D eigenvalue weighted by Crippen LogP contribution is 2.26. The molecule has 1 amide bonds. The number of ether oxygens (including phenoxy) is 1. The third-order valence-electron chi connectivity index (χ3n) is 5.08. The zero-order valence-corrected chi connectivity index (χ0v) is 19.1. The summed E-state index contributed by atoms with van der Waals surface area (Å²) in [6.07, 6.45) is 1.57. The van der Waals surface area contributed by atoms with Gasteiger partial charge in [0, 0.05) is 12.1 Å². The van der Waals surface area contributed by atoms with Gasteiger partial charge in [-0.1, -0.05) is 54.6 Å². The Morgan fingerprint density at radius 3 is 2.28 bits per heavy atom. The highest BCUT2D eigenvalue weighted by atomic mass is 32.2. The molecule has 0 fully saturated rings. The number of anilines is 1. The summed E-state index contributed by atoms with van der Waals surface area (Å²) in [6.45, 7) is 1.59. The first-order valence-corrected chi connectivity index (χ1v) is 11.9. The number of benzene rings is 3. The second-order valence-corrected chi connectivity index (χ2v) is 9.38. The van der Waals surface area contributed by atoms with E-state index in [0.717, 1.165) is 17.1 Å². The van der Waals surface area contributed by atoms with Crippen LogP contribution in [-0.4, -0.2) is 34.0 Å². The third kappa shape index (κ3) is 6.11. The maximum atomic E-state index is 13.4. The molecule has 0 saturated carbocycles. The predicted molar refractivity (Wildman–Crippen MR) is 126 cm³/mol. The first-order chi connectivity index (χ1) is 15.4. The molecule has 3 rings (SSSR count). The summed E-state index contributed by atoms with van der Waals surface area (Å²) in [6, 6.07) is 24.7. The van der Waals surface area contributed by atoms with Gasteiger partial charge in [0.2, 0.25) is 5.91 Å². The van der Waals surface area contributed by atoms with Crippen molar-refractivity contribution in [2.24, 2.45) is 0 Å². The summed E-state index contributed by atoms with van der Waals surface area (Å²) in [5.74, 6) is 0.139. The third-order valence-corrected chi connectivity index (χ3v) is 6.86. The monoisotopic (exact) mass is 452 g/mol. The Morgan fingerprint density at radius 1 is 0.969 bits per heavy atom. The molecule has 32 heavy (non-hydrogen) atoms. The Bertz CT molecular complexity index is 1120. The standard InChI is InChI=1S/C25H28N2O4S/c1-20(16-17-21-10-5-3-6-11-21)26-25(28)19-27(22-12-9-13-23(18-22)31-2)32(29,30)24-14-7-4-8-15-24/h3-15,18,20H,16-17,19H2,1-2H3,(H,26,28)/t20-/m0/s1. The maximum Gasteiger partial charge on any atom is 0.264 e. The molecule has 0 aliphatic carbocycles. The number of methoxy groups -OCH3 is 1. The van der Waals surface area contributed by atoms with Gasteiger partial charge in [-0.25, -0.2) is 8.42 Å². The predicted octanol–water partition coefficient (Wildman–Crippen LogP) is 4.03. The number of nitrogens with one attached hydrogen (secondary N) is 1. The number of amides is 1. The molecular weight excluding hydrogens is 424 g/mol. The summed E-state index contributed by atoms with van der Waals surface area (Å²) in [5.41, 5.74) is 1.55. The number of carbonyl (C=O) groups excluding carboxylic acids is 1. The lowest BCUT2D eigenvalue weighted by atomic mass is 10.1. The largest absolute Gasteiger partial charge is 0.497 e. The lowest BCUT2D eigenvalue weighted by molar-refractivity contribution is -0.120. The van der Waals surface area contributed by atoms with Crippen LogP contribution in [0.3, 0.4) is 0 Å². The Kier molecular flexibility index (Phi) is 7.89. The van der Waals surface area contributed by atoms with E-state index < -0.39 is 10.0 Å². The van der Waals surface area contributed by atoms with Crippen molar-refractivity contribution in [3.63, 3.8) is 0 Å². The Balaban J connectivity index is 1.77. The smallest absolute Gasteiger partial charge is 0.264 e. The Hall–Kier alpha value is -3.32. The van der Waals surface area contributed by atoms with Gasteiger partial charge < -0.3 is 10.1 Å². The lowest BCUT2D eigenvalue weighted by Crippen LogP contribution is -2.43. The zero-order chi connectivity index (χ0) is 23.0. The van der Waals surface area contributed by atoms with Gasteiger partial charge in [-0.05, 0) is 49.6 Å². The van der Waals surface area contributed by atoms with Crippen molar-refractivity contribution in [2.45, 2.75) is 30.7 Å². The van der Waals surface area contributed by atoms with Crippen LogP contribution in [0.25, 0.3) is 0 Å². The van der Waals surface area contributed by atoms with Crippen LogP contribution in [0.1, 0.15) is 18.9 Å². The molecule has 0 saturated heterocycles. The van der Waals surface area contributed by atoms with Crippen molar-refractivity contribution in [3.8, 4) is 5.75 Å². The second-order valence-electron chi connectivity index (χ2n) is 7.52. The minimum Gasteiger partial charge on any atom is -0.497 e. The summed E-state index contributed by atoms with van der Waals surface area (Å²) in [4.78, 5) is 13.0. The molecule has 0 aromatic heterocycles. The molecule has 0 bridgehead atoms. The number of rotatable bonds is 10. The fraction of sp³-hybridized carbons (Fsp3) is 0.240. The van der Waals surface area contributed by atoms with Crippen LogP contribution in [0.2, 0.25) is 0 Å². The maximum absolute atomic E-state index is 13.4. The van der Waals surface area contributed by atoms with Gasteiger partial charge in [0.25, 0.3) is 10.0 Å². The van der Waals surface area contributed by atoms with Crippen molar-refractivity contribution in [1.82, 2.24) is 5.32 Å². The SMILES string of the molecule is COc1cccc(N(CC(=O)N[C@@H](C)CCc2ccccc2)S(=O)(=O)c2ccccc2)c1. The zero-order valence-electron chi connectivity index (χ0n) is 18.3. The molecule has 0 radical (unpaired) electrons. The molecule has 0 spiro atoms. The Labute approximate surface area is 189 Å². The molecule has 7 heteroatoms. The topological polar surface area (TPSA) is 75.7 Å². The lowest BCUT2D eigenvalue weighted by Gasteiger charge is -2.25. The van der Waals surface area contributed by atoms with E-state index in [0.29, 0.717) is 11.4 Å². The van der Waals surface area contributed by atoms with E-state index in [2.05, 4.69) is 5.32 Å². The van der Waals surface area contributed by atoms with Gasteiger partial charge in [-0.15, -0.1) is 0 Å². The minimum absolute atomic E-state index is 0.103. The fourth-order valence-electron chi connectivity index (χ4n) is 3.35. The average molecular weight is 453 g/mol. The molecule has 3 aromatic rings. The summed E-state index contributed by atoms with van der Waals surface area (Å²) < 4.78 is 33.1. The van der Waals surface area contributed by atoms with Gasteiger partial charge in [0.05, 0.1) is 17.7 Å². The van der Waals surface area contributed by atoms with Crippen LogP contribution in [0, 0.1) is 0 Å². The second kappa shape index (κ2) is 10.8. The molecule has 0 unspecified atom stereocenters. The van der Waals surface area contributed by atoms with E-state index in [-0.39, 0.29) is 23.4 Å². The quantitative estimate of drug-likeness (QED) is 0.504. The van der Waals surface area contributed by atoms with E-state index in [4.69, 9.17) is 4.74 Å². The highest BCUT2D eigenvalue weighted by molar-refractivity contribution is 7.92. The number of hydrogen-bond donors (Lipinski definition) is 1. The average Bonchev–Trinajstić information content (AvgIpc) is 2.82.